The van der Waals surface area contributed by atoms with Crippen molar-refractivity contribution in [3.8, 4) is 22.9 Å². The molecule has 41 heavy (non-hydrogen) atoms. The van der Waals surface area contributed by atoms with Gasteiger partial charge in [-0.1, -0.05) is 60.2 Å². The molecule has 196 valence electrons. The molecule has 0 fully saturated rings. The molecule has 0 bridgehead atoms. The van der Waals surface area contributed by atoms with Crippen LogP contribution in [0.25, 0.3) is 38.6 Å². The van der Waals surface area contributed by atoms with E-state index in [9.17, 15) is 14.9 Å². The van der Waals surface area contributed by atoms with E-state index < -0.39 is 0 Å². The summed E-state index contributed by atoms with van der Waals surface area (Å²) in [5, 5.41) is 11.5. The van der Waals surface area contributed by atoms with E-state index >= 15 is 0 Å². The average molecular weight is 532 g/mol. The van der Waals surface area contributed by atoms with Crippen LogP contribution in [0, 0.1) is 32.1 Å². The number of benzene rings is 5. The van der Waals surface area contributed by atoms with Crippen LogP contribution in [-0.2, 0) is 0 Å². The van der Waals surface area contributed by atoms with Crippen molar-refractivity contribution in [2.24, 2.45) is 0 Å². The SMILES string of the molecule is Cc1cc(C)c(N2C(=O)c3cccc(-n4c5ccccc5c5cc(-c6cccc(C#N)c6)ccc54)c3C2=O)c(C)c1. The number of fused-ring (bicyclic) bond motifs is 4. The monoisotopic (exact) mass is 531 g/mol. The van der Waals surface area contributed by atoms with E-state index in [2.05, 4.69) is 28.8 Å². The highest BCUT2D eigenvalue weighted by Gasteiger charge is 2.40. The fourth-order valence-electron chi connectivity index (χ4n) is 6.36. The molecule has 5 heteroatoms. The van der Waals surface area contributed by atoms with Gasteiger partial charge in [-0.2, -0.15) is 5.26 Å². The number of carbonyl (C=O) groups excluding carboxylic acids is 2. The summed E-state index contributed by atoms with van der Waals surface area (Å²) in [6.07, 6.45) is 0. The van der Waals surface area contributed by atoms with Crippen LogP contribution >= 0.6 is 0 Å². The maximum absolute atomic E-state index is 14.2. The van der Waals surface area contributed by atoms with E-state index in [1.807, 2.05) is 87.5 Å². The zero-order valence-corrected chi connectivity index (χ0v) is 22.9. The Labute approximate surface area is 237 Å². The highest BCUT2D eigenvalue weighted by atomic mass is 16.2. The molecular formula is C36H25N3O2. The van der Waals surface area contributed by atoms with Gasteiger partial charge in [-0.3, -0.25) is 9.59 Å². The quantitative estimate of drug-likeness (QED) is 0.217. The van der Waals surface area contributed by atoms with Gasteiger partial charge in [0.25, 0.3) is 11.8 Å². The van der Waals surface area contributed by atoms with Crippen LogP contribution in [0.1, 0.15) is 43.0 Å². The first kappa shape index (κ1) is 24.6. The van der Waals surface area contributed by atoms with E-state index in [-0.39, 0.29) is 11.8 Å². The highest BCUT2D eigenvalue weighted by Crippen LogP contribution is 2.40. The lowest BCUT2D eigenvalue weighted by molar-refractivity contribution is 0.0925. The predicted molar refractivity (Wildman–Crippen MR) is 163 cm³/mol. The number of para-hydroxylation sites is 1. The number of anilines is 1. The molecule has 0 radical (unpaired) electrons. The van der Waals surface area contributed by atoms with Crippen LogP contribution in [0.5, 0.6) is 0 Å². The molecule has 0 spiro atoms. The van der Waals surface area contributed by atoms with Crippen LogP contribution in [0.4, 0.5) is 5.69 Å². The molecule has 0 N–H and O–H groups in total. The minimum atomic E-state index is -0.313. The van der Waals surface area contributed by atoms with Gasteiger partial charge in [-0.15, -0.1) is 0 Å². The number of carbonyl (C=O) groups is 2. The molecule has 7 rings (SSSR count). The summed E-state index contributed by atoms with van der Waals surface area (Å²) in [5.74, 6) is -0.617. The Hall–Kier alpha value is -5.47. The number of amides is 2. The molecule has 0 atom stereocenters. The van der Waals surface area contributed by atoms with Gasteiger partial charge in [-0.05, 0) is 85.5 Å². The molecule has 1 aromatic heterocycles. The second-order valence-corrected chi connectivity index (χ2v) is 10.7. The second-order valence-electron chi connectivity index (χ2n) is 10.7. The van der Waals surface area contributed by atoms with Gasteiger partial charge >= 0.3 is 0 Å². The number of nitrogens with zero attached hydrogens (tertiary/aromatic N) is 3. The topological polar surface area (TPSA) is 66.1 Å². The number of aryl methyl sites for hydroxylation is 3. The first-order valence-corrected chi connectivity index (χ1v) is 13.5. The Morgan fingerprint density at radius 2 is 1.37 bits per heavy atom. The third-order valence-electron chi connectivity index (χ3n) is 7.99. The molecule has 5 aromatic carbocycles. The maximum Gasteiger partial charge on any atom is 0.268 e. The molecule has 0 saturated carbocycles. The standard InChI is InChI=1S/C36H25N3O2/c1-21-16-22(2)34(23(3)17-21)39-35(40)28-11-7-13-32(33(28)36(39)41)38-30-12-5-4-10-27(30)29-19-26(14-15-31(29)38)25-9-6-8-24(18-25)20-37/h4-19H,1-3H3. The third kappa shape index (κ3) is 3.62. The molecule has 0 saturated heterocycles. The molecule has 5 nitrogen and oxygen atoms in total. The Kier molecular flexibility index (Phi) is 5.42. The smallest absolute Gasteiger partial charge is 0.268 e. The molecule has 1 aliphatic heterocycles. The van der Waals surface area contributed by atoms with Crippen molar-refractivity contribution in [1.82, 2.24) is 4.57 Å². The average Bonchev–Trinajstić information content (AvgIpc) is 3.44. The van der Waals surface area contributed by atoms with Crippen LogP contribution in [0.15, 0.2) is 97.1 Å². The van der Waals surface area contributed by atoms with Crippen molar-refractivity contribution in [2.75, 3.05) is 4.90 Å². The largest absolute Gasteiger partial charge is 0.308 e. The number of hydrogen-bond acceptors (Lipinski definition) is 3. The minimum Gasteiger partial charge on any atom is -0.308 e. The lowest BCUT2D eigenvalue weighted by atomic mass is 10.0. The predicted octanol–water partition coefficient (Wildman–Crippen LogP) is 8.05. The number of aromatic nitrogens is 1. The Balaban J connectivity index is 1.46. The van der Waals surface area contributed by atoms with Crippen molar-refractivity contribution in [3.05, 3.63) is 130 Å². The van der Waals surface area contributed by atoms with Gasteiger partial charge in [-0.25, -0.2) is 4.90 Å². The van der Waals surface area contributed by atoms with Gasteiger partial charge in [0, 0.05) is 10.8 Å². The maximum atomic E-state index is 14.2. The third-order valence-corrected chi connectivity index (χ3v) is 7.99. The van der Waals surface area contributed by atoms with Gasteiger partial charge in [0.2, 0.25) is 0 Å². The molecule has 1 aliphatic rings. The Morgan fingerprint density at radius 3 is 2.15 bits per heavy atom. The summed E-state index contributed by atoms with van der Waals surface area (Å²) >= 11 is 0. The number of rotatable bonds is 3. The van der Waals surface area contributed by atoms with Gasteiger partial charge in [0.05, 0.1) is 45.2 Å². The number of imide groups is 1. The van der Waals surface area contributed by atoms with Gasteiger partial charge < -0.3 is 4.57 Å². The van der Waals surface area contributed by atoms with Crippen LogP contribution < -0.4 is 4.90 Å². The van der Waals surface area contributed by atoms with Crippen molar-refractivity contribution in [1.29, 1.82) is 5.26 Å². The fraction of sp³-hybridized carbons (Fsp3) is 0.0833. The number of hydrogen-bond donors (Lipinski definition) is 0. The van der Waals surface area contributed by atoms with Gasteiger partial charge in [0.1, 0.15) is 0 Å². The summed E-state index contributed by atoms with van der Waals surface area (Å²) in [6.45, 7) is 5.89. The highest BCUT2D eigenvalue weighted by molar-refractivity contribution is 6.36. The lowest BCUT2D eigenvalue weighted by Crippen LogP contribution is -2.31. The zero-order valence-electron chi connectivity index (χ0n) is 22.9. The van der Waals surface area contributed by atoms with E-state index in [0.717, 1.165) is 49.6 Å². The molecule has 0 aliphatic carbocycles. The first-order chi connectivity index (χ1) is 19.9. The summed E-state index contributed by atoms with van der Waals surface area (Å²) in [6, 6.07) is 33.6. The summed E-state index contributed by atoms with van der Waals surface area (Å²) in [5.41, 5.74) is 9.46. The lowest BCUT2D eigenvalue weighted by Gasteiger charge is -2.20. The summed E-state index contributed by atoms with van der Waals surface area (Å²) < 4.78 is 2.09. The second kappa shape index (κ2) is 9.04. The van der Waals surface area contributed by atoms with Crippen molar-refractivity contribution < 1.29 is 9.59 Å². The zero-order chi connectivity index (χ0) is 28.4. The van der Waals surface area contributed by atoms with E-state index in [0.29, 0.717) is 28.1 Å². The van der Waals surface area contributed by atoms with Gasteiger partial charge in [0.15, 0.2) is 0 Å². The molecule has 2 heterocycles. The van der Waals surface area contributed by atoms with Crippen molar-refractivity contribution >= 4 is 39.3 Å². The van der Waals surface area contributed by atoms with Crippen molar-refractivity contribution in [3.63, 3.8) is 0 Å². The Morgan fingerprint density at radius 1 is 0.659 bits per heavy atom. The first-order valence-electron chi connectivity index (χ1n) is 13.5. The molecule has 6 aromatic rings. The Bertz CT molecular complexity index is 2120. The number of nitriles is 1. The van der Waals surface area contributed by atoms with Crippen LogP contribution in [0.3, 0.4) is 0 Å². The normalized spacial score (nSPS) is 12.8. The molecular weight excluding hydrogens is 506 g/mol. The van der Waals surface area contributed by atoms with E-state index in [1.165, 1.54) is 4.90 Å². The van der Waals surface area contributed by atoms with Crippen LogP contribution in [0.2, 0.25) is 0 Å². The van der Waals surface area contributed by atoms with Crippen molar-refractivity contribution in [2.45, 2.75) is 20.8 Å². The molecule has 0 unspecified atom stereocenters. The van der Waals surface area contributed by atoms with E-state index in [4.69, 9.17) is 0 Å². The fourth-order valence-corrected chi connectivity index (χ4v) is 6.36. The van der Waals surface area contributed by atoms with E-state index in [1.54, 1.807) is 12.1 Å². The van der Waals surface area contributed by atoms with Crippen LogP contribution in [-0.4, -0.2) is 16.4 Å². The summed E-state index contributed by atoms with van der Waals surface area (Å²) in [4.78, 5) is 29.3. The minimum absolute atomic E-state index is 0.303. The summed E-state index contributed by atoms with van der Waals surface area (Å²) in [7, 11) is 0. The molecule has 2 amide bonds.